The maximum atomic E-state index is 12.6. The second-order valence-corrected chi connectivity index (χ2v) is 5.87. The third-order valence-electron chi connectivity index (χ3n) is 4.50. The summed E-state index contributed by atoms with van der Waals surface area (Å²) in [4.78, 5) is 36.7. The Bertz CT molecular complexity index is 850. The largest absolute Gasteiger partial charge is 0.478 e. The number of carboxylic acids is 1. The maximum Gasteiger partial charge on any atom is 0.336 e. The summed E-state index contributed by atoms with van der Waals surface area (Å²) in [7, 11) is 1.66. The molecule has 1 N–H and O–H groups in total. The fourth-order valence-electron chi connectivity index (χ4n) is 3.08. The highest BCUT2D eigenvalue weighted by Crippen LogP contribution is 2.42. The number of rotatable bonds is 5. The molecule has 28 heavy (non-hydrogen) atoms. The van der Waals surface area contributed by atoms with Gasteiger partial charge in [0.15, 0.2) is 0 Å². The van der Waals surface area contributed by atoms with Crippen LogP contribution >= 0.6 is 24.8 Å². The minimum absolute atomic E-state index is 0. The Morgan fingerprint density at radius 2 is 1.79 bits per heavy atom. The van der Waals surface area contributed by atoms with E-state index in [0.717, 1.165) is 0 Å². The van der Waals surface area contributed by atoms with Gasteiger partial charge in [-0.2, -0.15) is 0 Å². The lowest BCUT2D eigenvalue weighted by Crippen LogP contribution is -2.33. The highest BCUT2D eigenvalue weighted by Gasteiger charge is 2.39. The predicted molar refractivity (Wildman–Crippen MR) is 108 cm³/mol. The van der Waals surface area contributed by atoms with Gasteiger partial charge in [0.2, 0.25) is 0 Å². The van der Waals surface area contributed by atoms with Gasteiger partial charge in [0, 0.05) is 30.6 Å². The monoisotopic (exact) mass is 432 g/mol. The molecule has 2 rings (SSSR count). The number of carbonyl (C=O) groups is 2. The predicted octanol–water partition coefficient (Wildman–Crippen LogP) is 3.66. The van der Waals surface area contributed by atoms with Crippen LogP contribution in [0.5, 0.6) is 0 Å². The molecule has 1 heterocycles. The Morgan fingerprint density at radius 1 is 1.21 bits per heavy atom. The number of aliphatic carboxylic acids is 1. The average molecular weight is 433 g/mol. The highest BCUT2D eigenvalue weighted by atomic mass is 35.5. The lowest BCUT2D eigenvalue weighted by Gasteiger charge is -2.35. The number of carbonyl (C=O) groups excluding carboxylic acids is 1. The number of nitrogens with zero attached hydrogens (tertiary/aromatic N) is 2. The SMILES string of the molecule is CCOC(=O)C1=C(C)N(C)C(C)=C(C(=O)O)C1c1cccc([N+](=O)[O-])c1.Cl.Cl. The number of non-ortho nitro benzene ring substituents is 1. The molecule has 0 fully saturated rings. The van der Waals surface area contributed by atoms with Gasteiger partial charge in [0.1, 0.15) is 0 Å². The van der Waals surface area contributed by atoms with Crippen molar-refractivity contribution in [1.82, 2.24) is 4.90 Å². The van der Waals surface area contributed by atoms with Crippen LogP contribution < -0.4 is 0 Å². The van der Waals surface area contributed by atoms with Crippen molar-refractivity contribution >= 4 is 42.4 Å². The van der Waals surface area contributed by atoms with Crippen LogP contribution in [0.4, 0.5) is 5.69 Å². The lowest BCUT2D eigenvalue weighted by atomic mass is 9.80. The molecule has 1 aliphatic rings. The van der Waals surface area contributed by atoms with Crippen LogP contribution in [0.2, 0.25) is 0 Å². The molecular weight excluding hydrogens is 411 g/mol. The fourth-order valence-corrected chi connectivity index (χ4v) is 3.08. The van der Waals surface area contributed by atoms with Crippen molar-refractivity contribution in [3.05, 3.63) is 62.5 Å². The normalized spacial score (nSPS) is 16.1. The van der Waals surface area contributed by atoms with Crippen LogP contribution in [-0.2, 0) is 14.3 Å². The van der Waals surface area contributed by atoms with E-state index in [-0.39, 0.29) is 48.3 Å². The molecule has 1 aliphatic heterocycles. The van der Waals surface area contributed by atoms with E-state index in [1.54, 1.807) is 38.8 Å². The van der Waals surface area contributed by atoms with Crippen molar-refractivity contribution in [1.29, 1.82) is 0 Å². The van der Waals surface area contributed by atoms with Crippen LogP contribution in [0.3, 0.4) is 0 Å². The Labute approximate surface area is 174 Å². The summed E-state index contributed by atoms with van der Waals surface area (Å²) in [5, 5.41) is 20.9. The second-order valence-electron chi connectivity index (χ2n) is 5.87. The molecule has 0 aliphatic carbocycles. The first-order chi connectivity index (χ1) is 12.2. The summed E-state index contributed by atoms with van der Waals surface area (Å²) >= 11 is 0. The van der Waals surface area contributed by atoms with E-state index in [1.807, 2.05) is 0 Å². The number of nitro benzene ring substituents is 1. The number of halogens is 2. The molecule has 0 spiro atoms. The molecule has 10 heteroatoms. The number of ether oxygens (including phenoxy) is 1. The fraction of sp³-hybridized carbons (Fsp3) is 0.333. The van der Waals surface area contributed by atoms with Gasteiger partial charge in [-0.3, -0.25) is 10.1 Å². The van der Waals surface area contributed by atoms with Crippen LogP contribution in [0.25, 0.3) is 0 Å². The van der Waals surface area contributed by atoms with Gasteiger partial charge in [-0.05, 0) is 26.3 Å². The van der Waals surface area contributed by atoms with Gasteiger partial charge in [0.25, 0.3) is 5.69 Å². The third-order valence-corrected chi connectivity index (χ3v) is 4.50. The molecule has 0 amide bonds. The third kappa shape index (κ3) is 4.63. The van der Waals surface area contributed by atoms with Gasteiger partial charge in [0.05, 0.1) is 28.6 Å². The summed E-state index contributed by atoms with van der Waals surface area (Å²) in [6.45, 7) is 5.12. The summed E-state index contributed by atoms with van der Waals surface area (Å²) in [5.74, 6) is -2.79. The summed E-state index contributed by atoms with van der Waals surface area (Å²) in [5.41, 5.74) is 1.33. The van der Waals surface area contributed by atoms with E-state index in [4.69, 9.17) is 4.74 Å². The van der Waals surface area contributed by atoms with Gasteiger partial charge < -0.3 is 14.7 Å². The van der Waals surface area contributed by atoms with Crippen LogP contribution in [0, 0.1) is 10.1 Å². The quantitative estimate of drug-likeness (QED) is 0.429. The summed E-state index contributed by atoms with van der Waals surface area (Å²) in [6.07, 6.45) is 0. The van der Waals surface area contributed by atoms with Gasteiger partial charge in [-0.15, -0.1) is 24.8 Å². The number of nitro groups is 1. The van der Waals surface area contributed by atoms with E-state index in [0.29, 0.717) is 17.0 Å². The zero-order valence-corrected chi connectivity index (χ0v) is 17.4. The van der Waals surface area contributed by atoms with Crippen molar-refractivity contribution in [2.24, 2.45) is 0 Å². The molecule has 1 aromatic carbocycles. The van der Waals surface area contributed by atoms with Gasteiger partial charge >= 0.3 is 11.9 Å². The topological polar surface area (TPSA) is 110 Å². The molecule has 0 bridgehead atoms. The van der Waals surface area contributed by atoms with Crippen molar-refractivity contribution in [3.63, 3.8) is 0 Å². The molecule has 8 nitrogen and oxygen atoms in total. The van der Waals surface area contributed by atoms with Crippen LogP contribution in [-0.4, -0.2) is 40.5 Å². The Morgan fingerprint density at radius 3 is 2.29 bits per heavy atom. The Hall–Kier alpha value is -2.58. The number of carboxylic acid groups (broad SMARTS) is 1. The smallest absolute Gasteiger partial charge is 0.336 e. The molecule has 1 unspecified atom stereocenters. The van der Waals surface area contributed by atoms with E-state index in [1.165, 1.54) is 18.2 Å². The summed E-state index contributed by atoms with van der Waals surface area (Å²) < 4.78 is 5.12. The Kier molecular flexibility index (Phi) is 9.17. The molecular formula is C18H22Cl2N2O6. The minimum atomic E-state index is -1.19. The first kappa shape index (κ1) is 25.4. The van der Waals surface area contributed by atoms with E-state index >= 15 is 0 Å². The Balaban J connectivity index is 0.00000364. The van der Waals surface area contributed by atoms with Gasteiger partial charge in [-0.1, -0.05) is 12.1 Å². The van der Waals surface area contributed by atoms with Crippen molar-refractivity contribution < 1.29 is 24.4 Å². The van der Waals surface area contributed by atoms with Crippen molar-refractivity contribution in [2.75, 3.05) is 13.7 Å². The zero-order chi connectivity index (χ0) is 19.6. The van der Waals surface area contributed by atoms with Crippen LogP contribution in [0.1, 0.15) is 32.3 Å². The molecule has 0 aromatic heterocycles. The second kappa shape index (κ2) is 10.1. The van der Waals surface area contributed by atoms with Crippen LogP contribution in [0.15, 0.2) is 46.8 Å². The molecule has 154 valence electrons. The van der Waals surface area contributed by atoms with Crippen molar-refractivity contribution in [2.45, 2.75) is 26.7 Å². The number of esters is 1. The van der Waals surface area contributed by atoms with E-state index in [9.17, 15) is 24.8 Å². The lowest BCUT2D eigenvalue weighted by molar-refractivity contribution is -0.384. The maximum absolute atomic E-state index is 12.6. The molecule has 0 saturated heterocycles. The van der Waals surface area contributed by atoms with Crippen molar-refractivity contribution in [3.8, 4) is 0 Å². The molecule has 1 aromatic rings. The standard InChI is InChI=1S/C18H20N2O6.2ClH/c1-5-26-18(23)15-11(3)19(4)10(2)14(17(21)22)16(15)12-7-6-8-13(9-12)20(24)25;;/h6-9,16H,5H2,1-4H3,(H,21,22);2*1H. The molecule has 1 atom stereocenters. The zero-order valence-electron chi connectivity index (χ0n) is 15.8. The number of hydrogen-bond acceptors (Lipinski definition) is 6. The van der Waals surface area contributed by atoms with E-state index < -0.39 is 22.8 Å². The number of allylic oxidation sites excluding steroid dienone is 2. The van der Waals surface area contributed by atoms with Gasteiger partial charge in [-0.25, -0.2) is 9.59 Å². The van der Waals surface area contributed by atoms with E-state index in [2.05, 4.69) is 0 Å². The first-order valence-electron chi connectivity index (χ1n) is 8.00. The minimum Gasteiger partial charge on any atom is -0.478 e. The summed E-state index contributed by atoms with van der Waals surface area (Å²) in [6, 6.07) is 5.65. The average Bonchev–Trinajstić information content (AvgIpc) is 2.59. The molecule has 0 saturated carbocycles. The number of hydrogen-bond donors (Lipinski definition) is 1. The molecule has 0 radical (unpaired) electrons. The highest BCUT2D eigenvalue weighted by molar-refractivity contribution is 5.99. The first-order valence-corrected chi connectivity index (χ1v) is 8.00. The number of benzene rings is 1.